The van der Waals surface area contributed by atoms with Crippen LogP contribution >= 0.6 is 0 Å². The van der Waals surface area contributed by atoms with Crippen molar-refractivity contribution in [2.75, 3.05) is 13.1 Å². The first kappa shape index (κ1) is 14.2. The van der Waals surface area contributed by atoms with E-state index in [2.05, 4.69) is 26.1 Å². The van der Waals surface area contributed by atoms with Gasteiger partial charge in [-0.3, -0.25) is 4.79 Å². The second kappa shape index (κ2) is 5.02. The molecule has 0 bridgehead atoms. The molecule has 5 heteroatoms. The molecule has 0 aromatic heterocycles. The van der Waals surface area contributed by atoms with Crippen LogP contribution in [0.15, 0.2) is 0 Å². The smallest absolute Gasteiger partial charge is 0.317 e. The standard InChI is InChI=1S/C14H24N2O3/c1-14(2,3)10-6-11(7-10)15-13(19)16-5-4-9(8-16)12(17)18/h9-11H,4-8H2,1-3H3,(H,15,19)(H,17,18). The van der Waals surface area contributed by atoms with Crippen molar-refractivity contribution < 1.29 is 14.7 Å². The molecule has 1 aliphatic heterocycles. The molecule has 2 fully saturated rings. The molecule has 1 aliphatic carbocycles. The monoisotopic (exact) mass is 268 g/mol. The largest absolute Gasteiger partial charge is 0.481 e. The quantitative estimate of drug-likeness (QED) is 0.804. The number of nitrogens with one attached hydrogen (secondary N) is 1. The molecule has 2 rings (SSSR count). The van der Waals surface area contributed by atoms with Gasteiger partial charge in [-0.05, 0) is 30.6 Å². The van der Waals surface area contributed by atoms with Crippen LogP contribution < -0.4 is 5.32 Å². The number of likely N-dealkylation sites (tertiary alicyclic amines) is 1. The molecule has 0 radical (unpaired) electrons. The Morgan fingerprint density at radius 2 is 1.89 bits per heavy atom. The molecule has 0 aromatic carbocycles. The van der Waals surface area contributed by atoms with Crippen LogP contribution in [0.2, 0.25) is 0 Å². The number of carbonyl (C=O) groups is 2. The molecule has 1 atom stereocenters. The third kappa shape index (κ3) is 3.19. The van der Waals surface area contributed by atoms with Gasteiger partial charge in [0.2, 0.25) is 0 Å². The molecule has 1 saturated carbocycles. The third-order valence-corrected chi connectivity index (χ3v) is 4.52. The third-order valence-electron chi connectivity index (χ3n) is 4.52. The number of hydrogen-bond donors (Lipinski definition) is 2. The van der Waals surface area contributed by atoms with E-state index in [0.29, 0.717) is 30.8 Å². The molecule has 0 aromatic rings. The summed E-state index contributed by atoms with van der Waals surface area (Å²) >= 11 is 0. The van der Waals surface area contributed by atoms with Crippen molar-refractivity contribution >= 4 is 12.0 Å². The Hall–Kier alpha value is -1.26. The summed E-state index contributed by atoms with van der Waals surface area (Å²) in [5.41, 5.74) is 0.309. The maximum atomic E-state index is 12.0. The highest BCUT2D eigenvalue weighted by atomic mass is 16.4. The Morgan fingerprint density at radius 1 is 1.26 bits per heavy atom. The number of rotatable bonds is 2. The van der Waals surface area contributed by atoms with Crippen LogP contribution in [0.4, 0.5) is 4.79 Å². The van der Waals surface area contributed by atoms with Crippen molar-refractivity contribution in [2.24, 2.45) is 17.3 Å². The fourth-order valence-corrected chi connectivity index (χ4v) is 2.86. The molecule has 0 spiro atoms. The van der Waals surface area contributed by atoms with E-state index < -0.39 is 11.9 Å². The Morgan fingerprint density at radius 3 is 2.37 bits per heavy atom. The van der Waals surface area contributed by atoms with E-state index >= 15 is 0 Å². The van der Waals surface area contributed by atoms with Gasteiger partial charge < -0.3 is 15.3 Å². The van der Waals surface area contributed by atoms with Crippen molar-refractivity contribution in [1.29, 1.82) is 0 Å². The van der Waals surface area contributed by atoms with E-state index in [4.69, 9.17) is 5.11 Å². The number of aliphatic carboxylic acids is 1. The molecule has 2 amide bonds. The molecule has 1 saturated heterocycles. The zero-order valence-corrected chi connectivity index (χ0v) is 12.0. The van der Waals surface area contributed by atoms with Gasteiger partial charge in [0.25, 0.3) is 0 Å². The first-order chi connectivity index (χ1) is 8.77. The first-order valence-electron chi connectivity index (χ1n) is 7.05. The molecule has 2 aliphatic rings. The Balaban J connectivity index is 1.74. The highest BCUT2D eigenvalue weighted by Gasteiger charge is 2.39. The van der Waals surface area contributed by atoms with Crippen molar-refractivity contribution in [3.05, 3.63) is 0 Å². The second-order valence-electron chi connectivity index (χ2n) is 6.95. The lowest BCUT2D eigenvalue weighted by Gasteiger charge is -2.44. The van der Waals surface area contributed by atoms with Crippen LogP contribution in [0.1, 0.15) is 40.0 Å². The van der Waals surface area contributed by atoms with Crippen molar-refractivity contribution in [1.82, 2.24) is 10.2 Å². The van der Waals surface area contributed by atoms with E-state index in [-0.39, 0.29) is 12.1 Å². The van der Waals surface area contributed by atoms with Gasteiger partial charge in [-0.25, -0.2) is 4.79 Å². The van der Waals surface area contributed by atoms with Gasteiger partial charge in [0, 0.05) is 19.1 Å². The Labute approximate surface area is 114 Å². The van der Waals surface area contributed by atoms with Crippen LogP contribution in [0.25, 0.3) is 0 Å². The molecular formula is C14H24N2O3. The van der Waals surface area contributed by atoms with Gasteiger partial charge in [0.1, 0.15) is 0 Å². The highest BCUT2D eigenvalue weighted by molar-refractivity contribution is 5.77. The lowest BCUT2D eigenvalue weighted by molar-refractivity contribution is -0.141. The number of urea groups is 1. The summed E-state index contributed by atoms with van der Waals surface area (Å²) in [6.07, 6.45) is 2.63. The molecule has 5 nitrogen and oxygen atoms in total. The van der Waals surface area contributed by atoms with Crippen LogP contribution in [0, 0.1) is 17.3 Å². The van der Waals surface area contributed by atoms with Crippen LogP contribution in [-0.2, 0) is 4.79 Å². The SMILES string of the molecule is CC(C)(C)C1CC(NC(=O)N2CCC(C(=O)O)C2)C1. The zero-order valence-electron chi connectivity index (χ0n) is 12.0. The van der Waals surface area contributed by atoms with E-state index in [1.54, 1.807) is 4.90 Å². The van der Waals surface area contributed by atoms with Gasteiger partial charge in [-0.2, -0.15) is 0 Å². The number of hydrogen-bond acceptors (Lipinski definition) is 2. The summed E-state index contributed by atoms with van der Waals surface area (Å²) in [5.74, 6) is -0.524. The van der Waals surface area contributed by atoms with Crippen molar-refractivity contribution in [3.63, 3.8) is 0 Å². The molecule has 1 unspecified atom stereocenters. The van der Waals surface area contributed by atoms with E-state index in [0.717, 1.165) is 12.8 Å². The van der Waals surface area contributed by atoms with Crippen LogP contribution in [0.3, 0.4) is 0 Å². The molecular weight excluding hydrogens is 244 g/mol. The summed E-state index contributed by atoms with van der Waals surface area (Å²) < 4.78 is 0. The predicted molar refractivity (Wildman–Crippen MR) is 71.8 cm³/mol. The van der Waals surface area contributed by atoms with Crippen LogP contribution in [0.5, 0.6) is 0 Å². The summed E-state index contributed by atoms with van der Waals surface area (Å²) in [6, 6.07) is 0.168. The average molecular weight is 268 g/mol. The molecule has 108 valence electrons. The normalized spacial score (nSPS) is 30.9. The minimum absolute atomic E-state index is 0.0962. The topological polar surface area (TPSA) is 69.6 Å². The lowest BCUT2D eigenvalue weighted by Crippen LogP contribution is -2.51. The number of carbonyl (C=O) groups excluding carboxylic acids is 1. The lowest BCUT2D eigenvalue weighted by atomic mass is 9.66. The molecule has 2 N–H and O–H groups in total. The predicted octanol–water partition coefficient (Wildman–Crippen LogP) is 1.93. The number of carboxylic acid groups (broad SMARTS) is 1. The van der Waals surface area contributed by atoms with E-state index in [1.165, 1.54) is 0 Å². The number of nitrogens with zero attached hydrogens (tertiary/aromatic N) is 1. The number of carboxylic acids is 1. The Kier molecular flexibility index (Phi) is 3.74. The zero-order chi connectivity index (χ0) is 14.2. The fourth-order valence-electron chi connectivity index (χ4n) is 2.86. The first-order valence-corrected chi connectivity index (χ1v) is 7.05. The fraction of sp³-hybridized carbons (Fsp3) is 0.857. The maximum Gasteiger partial charge on any atom is 0.317 e. The van der Waals surface area contributed by atoms with Gasteiger partial charge in [-0.15, -0.1) is 0 Å². The molecule has 19 heavy (non-hydrogen) atoms. The highest BCUT2D eigenvalue weighted by Crippen LogP contribution is 2.41. The average Bonchev–Trinajstić information content (AvgIpc) is 2.69. The van der Waals surface area contributed by atoms with Gasteiger partial charge in [0.15, 0.2) is 0 Å². The molecule has 1 heterocycles. The maximum absolute atomic E-state index is 12.0. The Bertz CT molecular complexity index is 369. The van der Waals surface area contributed by atoms with Crippen molar-refractivity contribution in [2.45, 2.75) is 46.1 Å². The van der Waals surface area contributed by atoms with Crippen molar-refractivity contribution in [3.8, 4) is 0 Å². The minimum atomic E-state index is -0.799. The number of amides is 2. The van der Waals surface area contributed by atoms with Gasteiger partial charge >= 0.3 is 12.0 Å². The van der Waals surface area contributed by atoms with E-state index in [9.17, 15) is 9.59 Å². The second-order valence-corrected chi connectivity index (χ2v) is 6.95. The summed E-state index contributed by atoms with van der Waals surface area (Å²) in [4.78, 5) is 24.5. The van der Waals surface area contributed by atoms with Gasteiger partial charge in [-0.1, -0.05) is 20.8 Å². The van der Waals surface area contributed by atoms with Gasteiger partial charge in [0.05, 0.1) is 5.92 Å². The van der Waals surface area contributed by atoms with E-state index in [1.807, 2.05) is 0 Å². The summed E-state index contributed by atoms with van der Waals surface area (Å²) in [6.45, 7) is 7.59. The summed E-state index contributed by atoms with van der Waals surface area (Å²) in [7, 11) is 0. The minimum Gasteiger partial charge on any atom is -0.481 e. The summed E-state index contributed by atoms with van der Waals surface area (Å²) in [5, 5.41) is 11.9. The van der Waals surface area contributed by atoms with Crippen LogP contribution in [-0.4, -0.2) is 41.1 Å².